The number of carbonyl (C=O) groups excluding carboxylic acids is 1. The Morgan fingerprint density at radius 1 is 1.32 bits per heavy atom. The monoisotopic (exact) mass is 319 g/mol. The first-order valence-electron chi connectivity index (χ1n) is 5.90. The van der Waals surface area contributed by atoms with E-state index >= 15 is 0 Å². The van der Waals surface area contributed by atoms with Gasteiger partial charge in [0.25, 0.3) is 5.91 Å². The van der Waals surface area contributed by atoms with Crippen LogP contribution in [-0.2, 0) is 0 Å². The molecule has 1 aromatic heterocycles. The average Bonchev–Trinajstić information content (AvgIpc) is 2.43. The first-order chi connectivity index (χ1) is 9.13. The molecule has 0 atom stereocenters. The van der Waals surface area contributed by atoms with Crippen LogP contribution in [0.25, 0.3) is 0 Å². The van der Waals surface area contributed by atoms with Crippen molar-refractivity contribution < 1.29 is 4.79 Å². The fraction of sp³-hybridized carbons (Fsp3) is 0.143. The summed E-state index contributed by atoms with van der Waals surface area (Å²) in [5.41, 5.74) is 7.68. The van der Waals surface area contributed by atoms with E-state index < -0.39 is 0 Å². The molecule has 0 saturated carbocycles. The van der Waals surface area contributed by atoms with Gasteiger partial charge in [0.05, 0.1) is 5.56 Å². The molecule has 19 heavy (non-hydrogen) atoms. The third-order valence-corrected chi connectivity index (χ3v) is 3.45. The Kier molecular flexibility index (Phi) is 4.16. The lowest BCUT2D eigenvalue weighted by Crippen LogP contribution is -2.30. The molecule has 5 heteroatoms. The van der Waals surface area contributed by atoms with E-state index in [-0.39, 0.29) is 5.91 Å². The summed E-state index contributed by atoms with van der Waals surface area (Å²) < 4.78 is 0.735. The minimum Gasteiger partial charge on any atom is -0.399 e. The average molecular weight is 320 g/mol. The predicted molar refractivity (Wildman–Crippen MR) is 80.1 cm³/mol. The van der Waals surface area contributed by atoms with E-state index in [1.54, 1.807) is 35.5 Å². The lowest BCUT2D eigenvalue weighted by molar-refractivity contribution is 0.0987. The smallest absolute Gasteiger partial charge is 0.259 e. The zero-order valence-corrected chi connectivity index (χ0v) is 12.1. The van der Waals surface area contributed by atoms with Crippen molar-refractivity contribution in [1.82, 2.24) is 4.98 Å². The van der Waals surface area contributed by atoms with Gasteiger partial charge in [-0.25, -0.2) is 0 Å². The van der Waals surface area contributed by atoms with Gasteiger partial charge in [0.2, 0.25) is 0 Å². The highest BCUT2D eigenvalue weighted by atomic mass is 79.9. The van der Waals surface area contributed by atoms with Crippen molar-refractivity contribution in [3.05, 3.63) is 52.8 Å². The van der Waals surface area contributed by atoms with E-state index in [0.29, 0.717) is 17.8 Å². The Bertz CT molecular complexity index is 586. The first kappa shape index (κ1) is 13.5. The van der Waals surface area contributed by atoms with Gasteiger partial charge in [-0.15, -0.1) is 0 Å². The van der Waals surface area contributed by atoms with Crippen LogP contribution < -0.4 is 10.6 Å². The standard InChI is InChI=1S/C14H14BrN3O/c1-2-18(11-5-7-17-8-6-11)14(19)12-9-10(16)3-4-13(12)15/h3-9H,2,16H2,1H3. The van der Waals surface area contributed by atoms with Crippen LogP contribution in [0.15, 0.2) is 47.2 Å². The number of amides is 1. The Hall–Kier alpha value is -1.88. The molecule has 1 aromatic carbocycles. The van der Waals surface area contributed by atoms with Gasteiger partial charge in [-0.3, -0.25) is 9.78 Å². The van der Waals surface area contributed by atoms with Gasteiger partial charge in [-0.1, -0.05) is 0 Å². The molecule has 2 rings (SSSR count). The number of carbonyl (C=O) groups is 1. The quantitative estimate of drug-likeness (QED) is 0.884. The molecule has 0 saturated heterocycles. The number of pyridine rings is 1. The van der Waals surface area contributed by atoms with Crippen molar-refractivity contribution in [2.45, 2.75) is 6.92 Å². The van der Waals surface area contributed by atoms with E-state index in [1.807, 2.05) is 19.1 Å². The number of aromatic nitrogens is 1. The zero-order valence-electron chi connectivity index (χ0n) is 10.5. The van der Waals surface area contributed by atoms with Gasteiger partial charge in [0.15, 0.2) is 0 Å². The van der Waals surface area contributed by atoms with Crippen LogP contribution in [0, 0.1) is 0 Å². The van der Waals surface area contributed by atoms with Crippen LogP contribution >= 0.6 is 15.9 Å². The number of nitrogens with two attached hydrogens (primary N) is 1. The lowest BCUT2D eigenvalue weighted by Gasteiger charge is -2.21. The summed E-state index contributed by atoms with van der Waals surface area (Å²) in [5.74, 6) is -0.0899. The predicted octanol–water partition coefficient (Wildman–Crippen LogP) is 3.09. The van der Waals surface area contributed by atoms with Crippen LogP contribution in [0.2, 0.25) is 0 Å². The van der Waals surface area contributed by atoms with Gasteiger partial charge in [0, 0.05) is 34.8 Å². The number of rotatable bonds is 3. The van der Waals surface area contributed by atoms with Crippen LogP contribution in [0.4, 0.5) is 11.4 Å². The van der Waals surface area contributed by atoms with Gasteiger partial charge >= 0.3 is 0 Å². The maximum atomic E-state index is 12.6. The highest BCUT2D eigenvalue weighted by Gasteiger charge is 2.18. The largest absolute Gasteiger partial charge is 0.399 e. The summed E-state index contributed by atoms with van der Waals surface area (Å²) in [6.45, 7) is 2.50. The molecule has 0 fully saturated rings. The summed E-state index contributed by atoms with van der Waals surface area (Å²) in [6, 6.07) is 8.83. The number of benzene rings is 1. The SMILES string of the molecule is CCN(C(=O)c1cc(N)ccc1Br)c1ccncc1. The molecule has 0 bridgehead atoms. The van der Waals surface area contributed by atoms with Crippen LogP contribution in [-0.4, -0.2) is 17.4 Å². The highest BCUT2D eigenvalue weighted by molar-refractivity contribution is 9.10. The second-order valence-electron chi connectivity index (χ2n) is 3.99. The lowest BCUT2D eigenvalue weighted by atomic mass is 10.1. The Morgan fingerprint density at radius 2 is 2.00 bits per heavy atom. The van der Waals surface area contributed by atoms with Crippen LogP contribution in [0.3, 0.4) is 0 Å². The molecule has 2 aromatic rings. The summed E-state index contributed by atoms with van der Waals surface area (Å²) in [4.78, 5) is 18.2. The maximum absolute atomic E-state index is 12.6. The van der Waals surface area contributed by atoms with E-state index in [4.69, 9.17) is 5.73 Å². The molecule has 0 aliphatic rings. The molecule has 1 amide bonds. The topological polar surface area (TPSA) is 59.2 Å². The third-order valence-electron chi connectivity index (χ3n) is 2.76. The van der Waals surface area contributed by atoms with Crippen molar-refractivity contribution in [3.63, 3.8) is 0 Å². The fourth-order valence-corrected chi connectivity index (χ4v) is 2.24. The fourth-order valence-electron chi connectivity index (χ4n) is 1.82. The second-order valence-corrected chi connectivity index (χ2v) is 4.85. The molecule has 0 radical (unpaired) electrons. The summed E-state index contributed by atoms with van der Waals surface area (Å²) in [5, 5.41) is 0. The molecule has 2 N–H and O–H groups in total. The molecular formula is C14H14BrN3O. The first-order valence-corrected chi connectivity index (χ1v) is 6.69. The summed E-state index contributed by atoms with van der Waals surface area (Å²) in [6.07, 6.45) is 3.33. The van der Waals surface area contributed by atoms with Crippen molar-refractivity contribution in [2.75, 3.05) is 17.2 Å². The second kappa shape index (κ2) is 5.84. The van der Waals surface area contributed by atoms with Crippen LogP contribution in [0.5, 0.6) is 0 Å². The van der Waals surface area contributed by atoms with Gasteiger partial charge in [-0.2, -0.15) is 0 Å². The molecule has 0 spiro atoms. The molecular weight excluding hydrogens is 306 g/mol. The summed E-state index contributed by atoms with van der Waals surface area (Å²) >= 11 is 3.39. The number of anilines is 2. The van der Waals surface area contributed by atoms with Crippen molar-refractivity contribution >= 4 is 33.2 Å². The van der Waals surface area contributed by atoms with Crippen molar-refractivity contribution in [3.8, 4) is 0 Å². The Morgan fingerprint density at radius 3 is 2.63 bits per heavy atom. The number of nitrogens with zero attached hydrogens (tertiary/aromatic N) is 2. The highest BCUT2D eigenvalue weighted by Crippen LogP contribution is 2.23. The molecule has 0 aliphatic carbocycles. The Balaban J connectivity index is 2.39. The molecule has 98 valence electrons. The van der Waals surface area contributed by atoms with Gasteiger partial charge in [-0.05, 0) is 53.2 Å². The molecule has 4 nitrogen and oxygen atoms in total. The van der Waals surface area contributed by atoms with E-state index in [0.717, 1.165) is 10.2 Å². The molecule has 0 aliphatic heterocycles. The minimum atomic E-state index is -0.0899. The zero-order chi connectivity index (χ0) is 13.8. The molecule has 1 heterocycles. The number of nitrogen functional groups attached to an aromatic ring is 1. The minimum absolute atomic E-state index is 0.0899. The summed E-state index contributed by atoms with van der Waals surface area (Å²) in [7, 11) is 0. The number of hydrogen-bond acceptors (Lipinski definition) is 3. The normalized spacial score (nSPS) is 10.2. The molecule has 0 unspecified atom stereocenters. The van der Waals surface area contributed by atoms with E-state index in [9.17, 15) is 4.79 Å². The number of hydrogen-bond donors (Lipinski definition) is 1. The van der Waals surface area contributed by atoms with E-state index in [1.165, 1.54) is 0 Å². The van der Waals surface area contributed by atoms with Crippen molar-refractivity contribution in [2.24, 2.45) is 0 Å². The van der Waals surface area contributed by atoms with E-state index in [2.05, 4.69) is 20.9 Å². The number of halogens is 1. The van der Waals surface area contributed by atoms with Crippen molar-refractivity contribution in [1.29, 1.82) is 0 Å². The van der Waals surface area contributed by atoms with Crippen LogP contribution in [0.1, 0.15) is 17.3 Å². The third kappa shape index (κ3) is 2.93. The Labute approximate surface area is 120 Å². The van der Waals surface area contributed by atoms with Gasteiger partial charge in [0.1, 0.15) is 0 Å². The van der Waals surface area contributed by atoms with Gasteiger partial charge < -0.3 is 10.6 Å². The maximum Gasteiger partial charge on any atom is 0.259 e.